The van der Waals surface area contributed by atoms with Crippen LogP contribution in [0.25, 0.3) is 0 Å². The molecule has 2 rings (SSSR count). The molecule has 0 saturated heterocycles. The third-order valence-corrected chi connectivity index (χ3v) is 3.91. The van der Waals surface area contributed by atoms with Crippen LogP contribution in [-0.4, -0.2) is 19.5 Å². The Hall–Kier alpha value is -2.19. The van der Waals surface area contributed by atoms with Gasteiger partial charge in [-0.15, -0.1) is 0 Å². The van der Waals surface area contributed by atoms with E-state index in [0.717, 1.165) is 18.5 Å². The minimum atomic E-state index is -3.76. The smallest absolute Gasteiger partial charge is 0.251 e. The summed E-state index contributed by atoms with van der Waals surface area (Å²) in [5.41, 5.74) is 1.19. The lowest BCUT2D eigenvalue weighted by molar-refractivity contribution is 0.0947. The number of hydrogen-bond donors (Lipinski definition) is 2. The highest BCUT2D eigenvalue weighted by molar-refractivity contribution is 7.89. The van der Waals surface area contributed by atoms with Crippen LogP contribution in [0.2, 0.25) is 0 Å². The zero-order valence-electron chi connectivity index (χ0n) is 12.1. The Morgan fingerprint density at radius 2 is 2.00 bits per heavy atom. The van der Waals surface area contributed by atoms with Gasteiger partial charge in [0.1, 0.15) is 0 Å². The standard InChI is InChI=1S/C14H17N3O4S/c1-2-3-11-8-12(21-17-11)9-16-14(18)10-4-6-13(7-5-10)22(15,19)20/h4-8H,2-3,9H2,1H3,(H,16,18)(H2,15,19,20). The number of aromatic nitrogens is 1. The van der Waals surface area contributed by atoms with E-state index < -0.39 is 10.0 Å². The molecule has 0 radical (unpaired) electrons. The number of nitrogens with two attached hydrogens (primary N) is 1. The van der Waals surface area contributed by atoms with Crippen LogP contribution in [0.3, 0.4) is 0 Å². The topological polar surface area (TPSA) is 115 Å². The molecule has 0 fully saturated rings. The van der Waals surface area contributed by atoms with E-state index in [1.807, 2.05) is 6.92 Å². The van der Waals surface area contributed by atoms with Crippen LogP contribution < -0.4 is 10.5 Å². The maximum atomic E-state index is 12.0. The average molecular weight is 323 g/mol. The number of aryl methyl sites for hydroxylation is 1. The summed E-state index contributed by atoms with van der Waals surface area (Å²) in [6.45, 7) is 2.26. The minimum absolute atomic E-state index is 0.0384. The number of nitrogens with zero attached hydrogens (tertiary/aromatic N) is 1. The number of carbonyl (C=O) groups excluding carboxylic acids is 1. The predicted molar refractivity (Wildman–Crippen MR) is 79.5 cm³/mol. The molecule has 7 nitrogen and oxygen atoms in total. The molecule has 0 unspecified atom stereocenters. The lowest BCUT2D eigenvalue weighted by atomic mass is 10.2. The maximum absolute atomic E-state index is 12.0. The van der Waals surface area contributed by atoms with Crippen molar-refractivity contribution in [2.45, 2.75) is 31.2 Å². The number of carbonyl (C=O) groups is 1. The molecule has 1 amide bonds. The number of nitrogens with one attached hydrogen (secondary N) is 1. The van der Waals surface area contributed by atoms with Gasteiger partial charge in [0.2, 0.25) is 10.0 Å². The van der Waals surface area contributed by atoms with E-state index in [4.69, 9.17) is 9.66 Å². The Labute approximate surface area is 128 Å². The fourth-order valence-electron chi connectivity index (χ4n) is 1.88. The summed E-state index contributed by atoms with van der Waals surface area (Å²) in [6.07, 6.45) is 1.79. The molecule has 2 aromatic rings. The van der Waals surface area contributed by atoms with E-state index in [9.17, 15) is 13.2 Å². The maximum Gasteiger partial charge on any atom is 0.251 e. The minimum Gasteiger partial charge on any atom is -0.359 e. The molecule has 0 bridgehead atoms. The van der Waals surface area contributed by atoms with Gasteiger partial charge in [-0.1, -0.05) is 18.5 Å². The van der Waals surface area contributed by atoms with Crippen molar-refractivity contribution in [2.24, 2.45) is 5.14 Å². The second-order valence-corrected chi connectivity index (χ2v) is 6.35. The number of hydrogen-bond acceptors (Lipinski definition) is 5. The molecule has 1 aromatic heterocycles. The van der Waals surface area contributed by atoms with Gasteiger partial charge in [-0.25, -0.2) is 13.6 Å². The van der Waals surface area contributed by atoms with Crippen molar-refractivity contribution in [3.8, 4) is 0 Å². The first-order chi connectivity index (χ1) is 10.4. The van der Waals surface area contributed by atoms with Crippen LogP contribution in [0.15, 0.2) is 39.8 Å². The summed E-state index contributed by atoms with van der Waals surface area (Å²) in [4.78, 5) is 11.9. The van der Waals surface area contributed by atoms with Gasteiger partial charge in [-0.2, -0.15) is 0 Å². The van der Waals surface area contributed by atoms with Crippen molar-refractivity contribution < 1.29 is 17.7 Å². The zero-order chi connectivity index (χ0) is 16.2. The quantitative estimate of drug-likeness (QED) is 0.829. The normalized spacial score (nSPS) is 11.4. The second-order valence-electron chi connectivity index (χ2n) is 4.79. The summed E-state index contributed by atoms with van der Waals surface area (Å²) in [6, 6.07) is 7.18. The lowest BCUT2D eigenvalue weighted by Gasteiger charge is -2.04. The molecule has 118 valence electrons. The van der Waals surface area contributed by atoms with Crippen molar-refractivity contribution in [3.63, 3.8) is 0 Å². The van der Waals surface area contributed by atoms with Crippen LogP contribution in [0, 0.1) is 0 Å². The van der Waals surface area contributed by atoms with E-state index in [1.54, 1.807) is 6.07 Å². The van der Waals surface area contributed by atoms with Gasteiger partial charge >= 0.3 is 0 Å². The van der Waals surface area contributed by atoms with E-state index in [-0.39, 0.29) is 17.3 Å². The van der Waals surface area contributed by atoms with E-state index >= 15 is 0 Å². The fraction of sp³-hybridized carbons (Fsp3) is 0.286. The van der Waals surface area contributed by atoms with Crippen LogP contribution in [0.1, 0.15) is 35.2 Å². The van der Waals surface area contributed by atoms with E-state index in [0.29, 0.717) is 11.3 Å². The molecule has 0 saturated carbocycles. The second kappa shape index (κ2) is 6.71. The molecule has 8 heteroatoms. The van der Waals surface area contributed by atoms with Crippen molar-refractivity contribution in [3.05, 3.63) is 47.3 Å². The van der Waals surface area contributed by atoms with Gasteiger partial charge in [0, 0.05) is 11.6 Å². The fourth-order valence-corrected chi connectivity index (χ4v) is 2.39. The summed E-state index contributed by atoms with van der Waals surface area (Å²) in [7, 11) is -3.76. The molecule has 0 aliphatic carbocycles. The van der Waals surface area contributed by atoms with Crippen LogP contribution in [0.4, 0.5) is 0 Å². The Morgan fingerprint density at radius 1 is 1.32 bits per heavy atom. The van der Waals surface area contributed by atoms with Gasteiger partial charge in [0.05, 0.1) is 17.1 Å². The highest BCUT2D eigenvalue weighted by Gasteiger charge is 2.11. The summed E-state index contributed by atoms with van der Waals surface area (Å²) >= 11 is 0. The van der Waals surface area contributed by atoms with Crippen molar-refractivity contribution in [2.75, 3.05) is 0 Å². The first-order valence-electron chi connectivity index (χ1n) is 6.75. The first-order valence-corrected chi connectivity index (χ1v) is 8.30. The summed E-state index contributed by atoms with van der Waals surface area (Å²) in [5, 5.41) is 11.6. The highest BCUT2D eigenvalue weighted by atomic mass is 32.2. The predicted octanol–water partition coefficient (Wildman–Crippen LogP) is 1.20. The zero-order valence-corrected chi connectivity index (χ0v) is 12.9. The van der Waals surface area contributed by atoms with Gasteiger partial charge in [-0.3, -0.25) is 4.79 Å². The third kappa shape index (κ3) is 4.15. The first kappa shape index (κ1) is 16.2. The van der Waals surface area contributed by atoms with Crippen LogP contribution >= 0.6 is 0 Å². The van der Waals surface area contributed by atoms with Crippen molar-refractivity contribution in [1.29, 1.82) is 0 Å². The molecule has 1 heterocycles. The Morgan fingerprint density at radius 3 is 2.59 bits per heavy atom. The Kier molecular flexibility index (Phi) is 4.94. The number of benzene rings is 1. The molecule has 22 heavy (non-hydrogen) atoms. The number of primary sulfonamides is 1. The molecule has 3 N–H and O–H groups in total. The molecule has 0 aliphatic rings. The number of amides is 1. The highest BCUT2D eigenvalue weighted by Crippen LogP contribution is 2.10. The van der Waals surface area contributed by atoms with Crippen LogP contribution in [0.5, 0.6) is 0 Å². The van der Waals surface area contributed by atoms with Crippen LogP contribution in [-0.2, 0) is 23.0 Å². The average Bonchev–Trinajstić information content (AvgIpc) is 2.92. The molecular formula is C14H17N3O4S. The molecule has 0 aliphatic heterocycles. The molecule has 0 spiro atoms. The largest absolute Gasteiger partial charge is 0.359 e. The van der Waals surface area contributed by atoms with Gasteiger partial charge in [-0.05, 0) is 30.7 Å². The third-order valence-electron chi connectivity index (χ3n) is 2.98. The molecular weight excluding hydrogens is 306 g/mol. The summed E-state index contributed by atoms with van der Waals surface area (Å²) in [5.74, 6) is 0.229. The number of rotatable bonds is 6. The van der Waals surface area contributed by atoms with Crippen molar-refractivity contribution in [1.82, 2.24) is 10.5 Å². The van der Waals surface area contributed by atoms with Gasteiger partial charge in [0.25, 0.3) is 5.91 Å². The van der Waals surface area contributed by atoms with Gasteiger partial charge < -0.3 is 9.84 Å². The molecule has 1 aromatic carbocycles. The van der Waals surface area contributed by atoms with Crippen molar-refractivity contribution >= 4 is 15.9 Å². The lowest BCUT2D eigenvalue weighted by Crippen LogP contribution is -2.22. The summed E-state index contributed by atoms with van der Waals surface area (Å²) < 4.78 is 27.4. The van der Waals surface area contributed by atoms with Gasteiger partial charge in [0.15, 0.2) is 5.76 Å². The molecule has 0 atom stereocenters. The Bertz CT molecular complexity index is 751. The Balaban J connectivity index is 1.97. The van der Waals surface area contributed by atoms with E-state index in [1.165, 1.54) is 24.3 Å². The van der Waals surface area contributed by atoms with E-state index in [2.05, 4.69) is 10.5 Å². The monoisotopic (exact) mass is 323 g/mol. The number of sulfonamides is 1. The SMILES string of the molecule is CCCc1cc(CNC(=O)c2ccc(S(N)(=O)=O)cc2)on1.